The Hall–Kier alpha value is -2.40. The lowest BCUT2D eigenvalue weighted by Gasteiger charge is -2.14. The van der Waals surface area contributed by atoms with Crippen LogP contribution in [0.5, 0.6) is 0 Å². The molecule has 1 aromatic carbocycles. The number of carbonyl (C=O) groups is 1. The third-order valence-corrected chi connectivity index (χ3v) is 3.83. The van der Waals surface area contributed by atoms with Crippen molar-refractivity contribution in [3.63, 3.8) is 0 Å². The van der Waals surface area contributed by atoms with Crippen LogP contribution in [0.3, 0.4) is 0 Å². The van der Waals surface area contributed by atoms with Crippen molar-refractivity contribution in [2.45, 2.75) is 6.54 Å². The van der Waals surface area contributed by atoms with E-state index in [1.165, 1.54) is 0 Å². The van der Waals surface area contributed by atoms with Crippen molar-refractivity contribution < 1.29 is 9.21 Å². The minimum Gasteiger partial charge on any atom is -0.467 e. The third kappa shape index (κ3) is 2.60. The number of amides is 1. The molecule has 1 amide bonds. The van der Waals surface area contributed by atoms with E-state index in [2.05, 4.69) is 0 Å². The van der Waals surface area contributed by atoms with Gasteiger partial charge in [-0.3, -0.25) is 9.69 Å². The molecule has 106 valence electrons. The zero-order chi connectivity index (χ0) is 14.8. The summed E-state index contributed by atoms with van der Waals surface area (Å²) in [7, 11) is 1.80. The predicted octanol–water partition coefficient (Wildman–Crippen LogP) is 2.88. The Bertz CT molecular complexity index is 692. The first-order valence-corrected chi connectivity index (χ1v) is 6.96. The van der Waals surface area contributed by atoms with Crippen LogP contribution < -0.4 is 0 Å². The van der Waals surface area contributed by atoms with Crippen LogP contribution in [-0.2, 0) is 11.3 Å². The summed E-state index contributed by atoms with van der Waals surface area (Å²) in [4.78, 5) is 15.8. The Kier molecular flexibility index (Phi) is 3.58. The number of likely N-dealkylation sites (N-methyl/N-ethyl adjacent to an activating group) is 1. The van der Waals surface area contributed by atoms with Gasteiger partial charge in [-0.15, -0.1) is 0 Å². The Balaban J connectivity index is 1.89. The van der Waals surface area contributed by atoms with Crippen LogP contribution in [0, 0.1) is 0 Å². The summed E-state index contributed by atoms with van der Waals surface area (Å²) >= 11 is 5.36. The molecule has 3 rings (SSSR count). The number of thiocarbonyl (C=S) groups is 1. The molecular weight excluding hydrogens is 284 g/mol. The highest BCUT2D eigenvalue weighted by Crippen LogP contribution is 2.24. The molecule has 0 atom stereocenters. The molecule has 0 spiro atoms. The van der Waals surface area contributed by atoms with E-state index in [9.17, 15) is 4.79 Å². The smallest absolute Gasteiger partial charge is 0.277 e. The minimum absolute atomic E-state index is 0.109. The number of carbonyl (C=O) groups excluding carboxylic acids is 1. The van der Waals surface area contributed by atoms with Crippen molar-refractivity contribution in [2.24, 2.45) is 0 Å². The normalized spacial score (nSPS) is 17.1. The fourth-order valence-corrected chi connectivity index (χ4v) is 2.46. The molecule has 0 radical (unpaired) electrons. The molecule has 0 N–H and O–H groups in total. The standard InChI is InChI=1S/C16H14N2O2S/c1-17-14(10-12-6-3-2-4-7-12)15(19)18(16(17)21)11-13-8-5-9-20-13/h2-10H,11H2,1H3/b14-10+. The van der Waals surface area contributed by atoms with Crippen LogP contribution >= 0.6 is 12.2 Å². The lowest BCUT2D eigenvalue weighted by Crippen LogP contribution is -2.30. The number of furan rings is 1. The van der Waals surface area contributed by atoms with E-state index < -0.39 is 0 Å². The summed E-state index contributed by atoms with van der Waals surface area (Å²) in [6.45, 7) is 0.348. The monoisotopic (exact) mass is 298 g/mol. The third-order valence-electron chi connectivity index (χ3n) is 3.34. The summed E-state index contributed by atoms with van der Waals surface area (Å²) in [5.74, 6) is 0.600. The molecule has 1 saturated heterocycles. The lowest BCUT2D eigenvalue weighted by molar-refractivity contribution is -0.123. The molecule has 0 bridgehead atoms. The SMILES string of the molecule is CN1C(=S)N(Cc2ccco2)C(=O)/C1=C\c1ccccc1. The van der Waals surface area contributed by atoms with Crippen molar-refractivity contribution in [2.75, 3.05) is 7.05 Å². The van der Waals surface area contributed by atoms with Gasteiger partial charge in [-0.25, -0.2) is 0 Å². The molecule has 21 heavy (non-hydrogen) atoms. The highest BCUT2D eigenvalue weighted by Gasteiger charge is 2.35. The summed E-state index contributed by atoms with van der Waals surface area (Å²) in [5.41, 5.74) is 1.54. The highest BCUT2D eigenvalue weighted by molar-refractivity contribution is 7.80. The fraction of sp³-hybridized carbons (Fsp3) is 0.125. The van der Waals surface area contributed by atoms with Crippen molar-refractivity contribution >= 4 is 29.3 Å². The Morgan fingerprint density at radius 2 is 1.95 bits per heavy atom. The van der Waals surface area contributed by atoms with Gasteiger partial charge in [0.15, 0.2) is 5.11 Å². The van der Waals surface area contributed by atoms with Crippen LogP contribution in [0.15, 0.2) is 58.8 Å². The maximum Gasteiger partial charge on any atom is 0.277 e. The van der Waals surface area contributed by atoms with Gasteiger partial charge in [-0.1, -0.05) is 30.3 Å². The van der Waals surface area contributed by atoms with E-state index in [0.29, 0.717) is 23.1 Å². The Morgan fingerprint density at radius 3 is 2.62 bits per heavy atom. The van der Waals surface area contributed by atoms with Gasteiger partial charge in [0.1, 0.15) is 11.5 Å². The minimum atomic E-state index is -0.109. The highest BCUT2D eigenvalue weighted by atomic mass is 32.1. The molecule has 4 nitrogen and oxygen atoms in total. The van der Waals surface area contributed by atoms with E-state index in [1.807, 2.05) is 42.5 Å². The zero-order valence-electron chi connectivity index (χ0n) is 11.5. The number of benzene rings is 1. The summed E-state index contributed by atoms with van der Waals surface area (Å²) < 4.78 is 5.29. The maximum absolute atomic E-state index is 12.5. The summed E-state index contributed by atoms with van der Waals surface area (Å²) in [6.07, 6.45) is 3.43. The molecule has 2 heterocycles. The molecule has 1 aromatic heterocycles. The second kappa shape index (κ2) is 5.54. The molecule has 1 aliphatic rings. The molecule has 5 heteroatoms. The van der Waals surface area contributed by atoms with Crippen LogP contribution in [0.25, 0.3) is 6.08 Å². The average Bonchev–Trinajstić information content (AvgIpc) is 3.08. The first-order chi connectivity index (χ1) is 10.2. The van der Waals surface area contributed by atoms with Gasteiger partial charge < -0.3 is 9.32 Å². The first-order valence-electron chi connectivity index (χ1n) is 6.55. The molecule has 0 saturated carbocycles. The quantitative estimate of drug-likeness (QED) is 0.645. The van der Waals surface area contributed by atoms with E-state index >= 15 is 0 Å². The van der Waals surface area contributed by atoms with Crippen LogP contribution in [0.4, 0.5) is 0 Å². The second-order valence-electron chi connectivity index (χ2n) is 4.75. The predicted molar refractivity (Wildman–Crippen MR) is 84.0 cm³/mol. The number of hydrogen-bond donors (Lipinski definition) is 0. The number of hydrogen-bond acceptors (Lipinski definition) is 3. The van der Waals surface area contributed by atoms with Crippen molar-refractivity contribution in [3.8, 4) is 0 Å². The molecular formula is C16H14N2O2S. The number of nitrogens with zero attached hydrogens (tertiary/aromatic N) is 2. The summed E-state index contributed by atoms with van der Waals surface area (Å²) in [5, 5.41) is 0.485. The average molecular weight is 298 g/mol. The molecule has 2 aromatic rings. The molecule has 1 aliphatic heterocycles. The van der Waals surface area contributed by atoms with Crippen LogP contribution in [0.2, 0.25) is 0 Å². The Labute approximate surface area is 128 Å². The van der Waals surface area contributed by atoms with E-state index in [-0.39, 0.29) is 5.91 Å². The lowest BCUT2D eigenvalue weighted by atomic mass is 10.2. The van der Waals surface area contributed by atoms with Crippen LogP contribution in [0.1, 0.15) is 11.3 Å². The van der Waals surface area contributed by atoms with Gasteiger partial charge >= 0.3 is 0 Å². The van der Waals surface area contributed by atoms with E-state index in [1.54, 1.807) is 29.2 Å². The van der Waals surface area contributed by atoms with Crippen LogP contribution in [-0.4, -0.2) is 27.9 Å². The number of rotatable bonds is 3. The van der Waals surface area contributed by atoms with Gasteiger partial charge in [-0.05, 0) is 36.0 Å². The van der Waals surface area contributed by atoms with Gasteiger partial charge in [0.2, 0.25) is 0 Å². The maximum atomic E-state index is 12.5. The fourth-order valence-electron chi connectivity index (χ4n) is 2.22. The topological polar surface area (TPSA) is 36.7 Å². The van der Waals surface area contributed by atoms with Gasteiger partial charge in [0.25, 0.3) is 5.91 Å². The van der Waals surface area contributed by atoms with E-state index in [0.717, 1.165) is 5.56 Å². The van der Waals surface area contributed by atoms with Gasteiger partial charge in [0, 0.05) is 7.05 Å². The van der Waals surface area contributed by atoms with Gasteiger partial charge in [0.05, 0.1) is 12.8 Å². The summed E-state index contributed by atoms with van der Waals surface area (Å²) in [6, 6.07) is 13.3. The molecule has 0 aliphatic carbocycles. The second-order valence-corrected chi connectivity index (χ2v) is 5.12. The first kappa shape index (κ1) is 13.6. The van der Waals surface area contributed by atoms with Crippen molar-refractivity contribution in [1.82, 2.24) is 9.80 Å². The zero-order valence-corrected chi connectivity index (χ0v) is 12.3. The largest absolute Gasteiger partial charge is 0.467 e. The van der Waals surface area contributed by atoms with Crippen molar-refractivity contribution in [1.29, 1.82) is 0 Å². The van der Waals surface area contributed by atoms with Crippen molar-refractivity contribution in [3.05, 3.63) is 65.7 Å². The Morgan fingerprint density at radius 1 is 1.19 bits per heavy atom. The van der Waals surface area contributed by atoms with E-state index in [4.69, 9.17) is 16.6 Å². The molecule has 0 unspecified atom stereocenters. The molecule has 1 fully saturated rings. The van der Waals surface area contributed by atoms with Gasteiger partial charge in [-0.2, -0.15) is 0 Å².